The molecule has 0 aliphatic carbocycles. The lowest BCUT2D eigenvalue weighted by Crippen LogP contribution is -2.16. The summed E-state index contributed by atoms with van der Waals surface area (Å²) < 4.78 is 0. The third-order valence-electron chi connectivity index (χ3n) is 2.51. The highest BCUT2D eigenvalue weighted by atomic mass is 16.3. The molecule has 0 saturated heterocycles. The molecule has 0 amide bonds. The van der Waals surface area contributed by atoms with E-state index in [0.717, 1.165) is 0 Å². The van der Waals surface area contributed by atoms with E-state index in [0.29, 0.717) is 11.1 Å². The van der Waals surface area contributed by atoms with Crippen molar-refractivity contribution in [3.8, 4) is 11.5 Å². The monoisotopic (exact) mass is 195 g/mol. The van der Waals surface area contributed by atoms with E-state index in [1.54, 1.807) is 19.1 Å². The van der Waals surface area contributed by atoms with Crippen LogP contribution in [-0.4, -0.2) is 10.2 Å². The highest BCUT2D eigenvalue weighted by Crippen LogP contribution is 2.34. The van der Waals surface area contributed by atoms with Crippen LogP contribution in [0.3, 0.4) is 0 Å². The van der Waals surface area contributed by atoms with Crippen molar-refractivity contribution in [1.29, 1.82) is 0 Å². The number of hydrogen-bond donors (Lipinski definition) is 3. The molecule has 0 radical (unpaired) electrons. The molecule has 1 atom stereocenters. The van der Waals surface area contributed by atoms with Crippen molar-refractivity contribution in [3.63, 3.8) is 0 Å². The van der Waals surface area contributed by atoms with Gasteiger partial charge >= 0.3 is 0 Å². The Morgan fingerprint density at radius 3 is 2.29 bits per heavy atom. The minimum Gasteiger partial charge on any atom is -0.508 e. The molecular formula is C11H17NO2. The Balaban J connectivity index is 3.17. The Morgan fingerprint density at radius 1 is 1.21 bits per heavy atom. The molecule has 0 saturated carbocycles. The molecule has 0 bridgehead atoms. The van der Waals surface area contributed by atoms with Crippen LogP contribution in [0, 0.1) is 12.8 Å². The lowest BCUT2D eigenvalue weighted by molar-refractivity contribution is 0.421. The first-order valence-corrected chi connectivity index (χ1v) is 4.72. The Hall–Kier alpha value is -1.22. The predicted molar refractivity (Wildman–Crippen MR) is 56.3 cm³/mol. The third kappa shape index (κ3) is 1.82. The number of rotatable bonds is 2. The summed E-state index contributed by atoms with van der Waals surface area (Å²) >= 11 is 0. The number of benzene rings is 1. The van der Waals surface area contributed by atoms with E-state index in [1.165, 1.54) is 0 Å². The molecule has 14 heavy (non-hydrogen) atoms. The summed E-state index contributed by atoms with van der Waals surface area (Å²) in [6.45, 7) is 5.65. The van der Waals surface area contributed by atoms with Crippen LogP contribution < -0.4 is 5.73 Å². The summed E-state index contributed by atoms with van der Waals surface area (Å²) in [7, 11) is 0. The maximum atomic E-state index is 9.76. The van der Waals surface area contributed by atoms with E-state index >= 15 is 0 Å². The van der Waals surface area contributed by atoms with Crippen molar-refractivity contribution in [3.05, 3.63) is 23.3 Å². The third-order valence-corrected chi connectivity index (χ3v) is 2.51. The highest BCUT2D eigenvalue weighted by molar-refractivity contribution is 5.48. The van der Waals surface area contributed by atoms with Gasteiger partial charge in [-0.05, 0) is 18.9 Å². The molecule has 0 heterocycles. The molecule has 0 spiro atoms. The summed E-state index contributed by atoms with van der Waals surface area (Å²) in [4.78, 5) is 0. The molecule has 1 rings (SSSR count). The van der Waals surface area contributed by atoms with Gasteiger partial charge in [-0.1, -0.05) is 19.9 Å². The SMILES string of the molecule is Cc1c(O)ccc(C(N)C(C)C)c1O. The number of aromatic hydroxyl groups is 2. The van der Waals surface area contributed by atoms with Crippen molar-refractivity contribution < 1.29 is 10.2 Å². The van der Waals surface area contributed by atoms with Gasteiger partial charge in [-0.15, -0.1) is 0 Å². The Kier molecular flexibility index (Phi) is 3.01. The summed E-state index contributed by atoms with van der Waals surface area (Å²) in [5.74, 6) is 0.457. The average Bonchev–Trinajstić information content (AvgIpc) is 2.13. The molecule has 0 fully saturated rings. The van der Waals surface area contributed by atoms with Crippen molar-refractivity contribution in [2.45, 2.75) is 26.8 Å². The van der Waals surface area contributed by atoms with Gasteiger partial charge in [0, 0.05) is 17.2 Å². The molecule has 1 unspecified atom stereocenters. The van der Waals surface area contributed by atoms with E-state index < -0.39 is 0 Å². The first-order chi connectivity index (χ1) is 6.45. The van der Waals surface area contributed by atoms with Gasteiger partial charge in [0.1, 0.15) is 11.5 Å². The Morgan fingerprint density at radius 2 is 1.79 bits per heavy atom. The van der Waals surface area contributed by atoms with E-state index in [4.69, 9.17) is 5.73 Å². The zero-order chi connectivity index (χ0) is 10.9. The normalized spacial score (nSPS) is 13.2. The number of hydrogen-bond acceptors (Lipinski definition) is 3. The van der Waals surface area contributed by atoms with Gasteiger partial charge < -0.3 is 15.9 Å². The lowest BCUT2D eigenvalue weighted by atomic mass is 9.94. The second kappa shape index (κ2) is 3.88. The lowest BCUT2D eigenvalue weighted by Gasteiger charge is -2.18. The van der Waals surface area contributed by atoms with Crippen LogP contribution in [-0.2, 0) is 0 Å². The van der Waals surface area contributed by atoms with Gasteiger partial charge in [0.15, 0.2) is 0 Å². The molecule has 0 aromatic heterocycles. The number of phenols is 2. The van der Waals surface area contributed by atoms with Crippen LogP contribution >= 0.6 is 0 Å². The smallest absolute Gasteiger partial charge is 0.126 e. The summed E-state index contributed by atoms with van der Waals surface area (Å²) in [5.41, 5.74) is 7.09. The fourth-order valence-corrected chi connectivity index (χ4v) is 1.34. The molecule has 1 aromatic rings. The van der Waals surface area contributed by atoms with Crippen LogP contribution in [0.2, 0.25) is 0 Å². The average molecular weight is 195 g/mol. The Labute approximate surface area is 84.2 Å². The summed E-state index contributed by atoms with van der Waals surface area (Å²) in [6.07, 6.45) is 0. The maximum Gasteiger partial charge on any atom is 0.126 e. The van der Waals surface area contributed by atoms with Crippen LogP contribution in [0.15, 0.2) is 12.1 Å². The van der Waals surface area contributed by atoms with Crippen molar-refractivity contribution in [2.24, 2.45) is 11.7 Å². The van der Waals surface area contributed by atoms with Crippen molar-refractivity contribution >= 4 is 0 Å². The summed E-state index contributed by atoms with van der Waals surface area (Å²) in [5, 5.41) is 19.1. The maximum absolute atomic E-state index is 9.76. The molecule has 0 aliphatic rings. The standard InChI is InChI=1S/C11H17NO2/c1-6(2)10(12)8-4-5-9(13)7(3)11(8)14/h4-6,10,13-14H,12H2,1-3H3. The topological polar surface area (TPSA) is 66.5 Å². The molecule has 0 aliphatic heterocycles. The highest BCUT2D eigenvalue weighted by Gasteiger charge is 2.16. The minimum absolute atomic E-state index is 0.0993. The van der Waals surface area contributed by atoms with Crippen molar-refractivity contribution in [2.75, 3.05) is 0 Å². The van der Waals surface area contributed by atoms with Crippen LogP contribution in [0.4, 0.5) is 0 Å². The van der Waals surface area contributed by atoms with Gasteiger partial charge in [-0.25, -0.2) is 0 Å². The van der Waals surface area contributed by atoms with Crippen molar-refractivity contribution in [1.82, 2.24) is 0 Å². The predicted octanol–water partition coefficient (Wildman–Crippen LogP) is 2.06. The van der Waals surface area contributed by atoms with E-state index in [2.05, 4.69) is 0 Å². The molecule has 3 heteroatoms. The molecule has 3 nitrogen and oxygen atoms in total. The second-order valence-electron chi connectivity index (χ2n) is 3.92. The fourth-order valence-electron chi connectivity index (χ4n) is 1.34. The largest absolute Gasteiger partial charge is 0.508 e. The van der Waals surface area contributed by atoms with Crippen LogP contribution in [0.25, 0.3) is 0 Å². The molecule has 1 aromatic carbocycles. The van der Waals surface area contributed by atoms with Gasteiger partial charge in [-0.3, -0.25) is 0 Å². The zero-order valence-electron chi connectivity index (χ0n) is 8.78. The second-order valence-corrected chi connectivity index (χ2v) is 3.92. The molecule has 78 valence electrons. The first-order valence-electron chi connectivity index (χ1n) is 4.72. The fraction of sp³-hybridized carbons (Fsp3) is 0.455. The first kappa shape index (κ1) is 10.9. The van der Waals surface area contributed by atoms with E-state index in [1.807, 2.05) is 13.8 Å². The summed E-state index contributed by atoms with van der Waals surface area (Å²) in [6, 6.07) is 3.03. The van der Waals surface area contributed by atoms with E-state index in [9.17, 15) is 10.2 Å². The Bertz CT molecular complexity index is 334. The van der Waals surface area contributed by atoms with Gasteiger partial charge in [0.25, 0.3) is 0 Å². The van der Waals surface area contributed by atoms with Crippen LogP contribution in [0.1, 0.15) is 31.0 Å². The van der Waals surface area contributed by atoms with Gasteiger partial charge in [0.05, 0.1) is 0 Å². The molecular weight excluding hydrogens is 178 g/mol. The zero-order valence-corrected chi connectivity index (χ0v) is 8.78. The molecule has 4 N–H and O–H groups in total. The minimum atomic E-state index is -0.200. The quantitative estimate of drug-likeness (QED) is 0.676. The number of phenolic OH excluding ortho intramolecular Hbond substituents is 2. The van der Waals surface area contributed by atoms with Crippen LogP contribution in [0.5, 0.6) is 11.5 Å². The van der Waals surface area contributed by atoms with Gasteiger partial charge in [0.2, 0.25) is 0 Å². The van der Waals surface area contributed by atoms with E-state index in [-0.39, 0.29) is 23.5 Å². The number of nitrogens with two attached hydrogens (primary N) is 1. The van der Waals surface area contributed by atoms with Gasteiger partial charge in [-0.2, -0.15) is 0 Å².